The van der Waals surface area contributed by atoms with Gasteiger partial charge < -0.3 is 9.47 Å². The highest BCUT2D eigenvalue weighted by Gasteiger charge is 2.32. The molecule has 0 spiro atoms. The summed E-state index contributed by atoms with van der Waals surface area (Å²) in [5.74, 6) is 0.179. The lowest BCUT2D eigenvalue weighted by molar-refractivity contribution is -0.136. The minimum absolute atomic E-state index is 0.207. The van der Waals surface area contributed by atoms with E-state index in [4.69, 9.17) is 9.47 Å². The van der Waals surface area contributed by atoms with Crippen molar-refractivity contribution in [3.63, 3.8) is 0 Å². The fourth-order valence-corrected chi connectivity index (χ4v) is 4.62. The van der Waals surface area contributed by atoms with Gasteiger partial charge in [0.05, 0.1) is 36.1 Å². The standard InChI is InChI=1S/C25H22N2O4S/c1-16-21(24(29)31-3)22(18-12-14-19(30-2)15-13-18)27-23(28)20(32-25(27)26-16)11-7-10-17-8-5-4-6-9-17/h4-15,22H,1-3H3/b10-7+,20-11-/t22-/m1/s1. The van der Waals surface area contributed by atoms with E-state index in [1.54, 1.807) is 36.8 Å². The molecule has 32 heavy (non-hydrogen) atoms. The fourth-order valence-electron chi connectivity index (χ4n) is 3.62. The van der Waals surface area contributed by atoms with Gasteiger partial charge in [0.25, 0.3) is 5.56 Å². The summed E-state index contributed by atoms with van der Waals surface area (Å²) in [6.45, 7) is 1.76. The number of aromatic nitrogens is 1. The van der Waals surface area contributed by atoms with E-state index in [0.717, 1.165) is 11.1 Å². The van der Waals surface area contributed by atoms with E-state index in [0.29, 0.717) is 26.4 Å². The van der Waals surface area contributed by atoms with Crippen molar-refractivity contribution in [1.82, 2.24) is 4.57 Å². The molecule has 3 aromatic rings. The summed E-state index contributed by atoms with van der Waals surface area (Å²) in [6.07, 6.45) is 5.56. The van der Waals surface area contributed by atoms with Gasteiger partial charge in [0.15, 0.2) is 4.80 Å². The van der Waals surface area contributed by atoms with Gasteiger partial charge in [-0.15, -0.1) is 0 Å². The van der Waals surface area contributed by atoms with E-state index in [9.17, 15) is 9.59 Å². The molecule has 1 atom stereocenters. The maximum Gasteiger partial charge on any atom is 0.338 e. The van der Waals surface area contributed by atoms with E-state index in [-0.39, 0.29) is 5.56 Å². The number of allylic oxidation sites excluding steroid dienone is 2. The second-order valence-corrected chi connectivity index (χ2v) is 8.15. The highest BCUT2D eigenvalue weighted by molar-refractivity contribution is 7.07. The first-order valence-corrected chi connectivity index (χ1v) is 10.8. The topological polar surface area (TPSA) is 69.9 Å². The van der Waals surface area contributed by atoms with Crippen molar-refractivity contribution in [2.24, 2.45) is 4.99 Å². The number of ether oxygens (including phenoxy) is 2. The molecular weight excluding hydrogens is 424 g/mol. The predicted octanol–water partition coefficient (Wildman–Crippen LogP) is 3.08. The number of nitrogens with zero attached hydrogens (tertiary/aromatic N) is 2. The van der Waals surface area contributed by atoms with Gasteiger partial charge in [-0.05, 0) is 36.3 Å². The minimum atomic E-state index is -0.634. The van der Waals surface area contributed by atoms with Crippen molar-refractivity contribution in [3.8, 4) is 5.75 Å². The van der Waals surface area contributed by atoms with Crippen molar-refractivity contribution in [2.75, 3.05) is 14.2 Å². The van der Waals surface area contributed by atoms with Gasteiger partial charge in [-0.1, -0.05) is 66.0 Å². The Morgan fingerprint density at radius 2 is 1.81 bits per heavy atom. The van der Waals surface area contributed by atoms with E-state index in [1.807, 2.05) is 54.6 Å². The number of esters is 1. The Bertz CT molecular complexity index is 1380. The zero-order valence-corrected chi connectivity index (χ0v) is 18.8. The number of carbonyl (C=O) groups is 1. The Hall–Kier alpha value is -3.71. The molecule has 0 bridgehead atoms. The SMILES string of the molecule is COC(=O)C1=C(C)N=c2s/c(=C\C=C\c3ccccc3)c(=O)n2[C@@H]1c1ccc(OC)cc1. The summed E-state index contributed by atoms with van der Waals surface area (Å²) in [5.41, 5.74) is 2.48. The van der Waals surface area contributed by atoms with Gasteiger partial charge in [-0.25, -0.2) is 9.79 Å². The number of carbonyl (C=O) groups excluding carboxylic acids is 1. The van der Waals surface area contributed by atoms with Crippen LogP contribution in [-0.4, -0.2) is 24.8 Å². The van der Waals surface area contributed by atoms with Crippen LogP contribution in [0.4, 0.5) is 0 Å². The molecule has 0 saturated carbocycles. The van der Waals surface area contributed by atoms with Crippen molar-refractivity contribution in [1.29, 1.82) is 0 Å². The van der Waals surface area contributed by atoms with Gasteiger partial charge in [0.2, 0.25) is 0 Å². The van der Waals surface area contributed by atoms with Crippen LogP contribution in [0.25, 0.3) is 12.2 Å². The van der Waals surface area contributed by atoms with Gasteiger partial charge in [-0.2, -0.15) is 0 Å². The third kappa shape index (κ3) is 4.07. The molecule has 2 heterocycles. The lowest BCUT2D eigenvalue weighted by Gasteiger charge is -2.24. The van der Waals surface area contributed by atoms with Crippen molar-refractivity contribution >= 4 is 29.5 Å². The maximum absolute atomic E-state index is 13.4. The largest absolute Gasteiger partial charge is 0.497 e. The van der Waals surface area contributed by atoms with Crippen LogP contribution in [0.1, 0.15) is 24.1 Å². The fraction of sp³-hybridized carbons (Fsp3) is 0.160. The van der Waals surface area contributed by atoms with Gasteiger partial charge in [0.1, 0.15) is 5.75 Å². The smallest absolute Gasteiger partial charge is 0.338 e. The molecule has 6 nitrogen and oxygen atoms in total. The van der Waals surface area contributed by atoms with Crippen LogP contribution in [0.15, 0.2) is 81.7 Å². The summed E-state index contributed by atoms with van der Waals surface area (Å²) in [4.78, 5) is 31.1. The van der Waals surface area contributed by atoms with Crippen LogP contribution in [0.2, 0.25) is 0 Å². The predicted molar refractivity (Wildman–Crippen MR) is 125 cm³/mol. The van der Waals surface area contributed by atoms with Crippen LogP contribution in [0.3, 0.4) is 0 Å². The quantitative estimate of drug-likeness (QED) is 0.565. The number of hydrogen-bond donors (Lipinski definition) is 0. The second kappa shape index (κ2) is 9.20. The lowest BCUT2D eigenvalue weighted by atomic mass is 9.96. The number of thiazole rings is 1. The third-order valence-corrected chi connectivity index (χ3v) is 6.20. The van der Waals surface area contributed by atoms with Crippen LogP contribution in [0.5, 0.6) is 5.75 Å². The molecule has 1 aliphatic heterocycles. The van der Waals surface area contributed by atoms with Crippen LogP contribution >= 0.6 is 11.3 Å². The van der Waals surface area contributed by atoms with E-state index < -0.39 is 12.0 Å². The van der Waals surface area contributed by atoms with E-state index in [2.05, 4.69) is 4.99 Å². The number of benzene rings is 2. The molecule has 2 aromatic carbocycles. The maximum atomic E-state index is 13.4. The van der Waals surface area contributed by atoms with Crippen molar-refractivity contribution < 1.29 is 14.3 Å². The van der Waals surface area contributed by atoms with E-state index >= 15 is 0 Å². The molecule has 0 amide bonds. The molecular formula is C25H22N2O4S. The zero-order chi connectivity index (χ0) is 22.7. The average Bonchev–Trinajstić information content (AvgIpc) is 3.13. The number of rotatable bonds is 5. The third-order valence-electron chi connectivity index (χ3n) is 5.19. The Labute approximate surface area is 189 Å². The Morgan fingerprint density at radius 3 is 2.47 bits per heavy atom. The summed E-state index contributed by atoms with van der Waals surface area (Å²) in [6, 6.07) is 16.5. The lowest BCUT2D eigenvalue weighted by Crippen LogP contribution is -2.39. The number of hydrogen-bond acceptors (Lipinski definition) is 6. The van der Waals surface area contributed by atoms with Gasteiger partial charge >= 0.3 is 5.97 Å². The summed E-state index contributed by atoms with van der Waals surface area (Å²) in [5, 5.41) is 0. The monoisotopic (exact) mass is 446 g/mol. The summed E-state index contributed by atoms with van der Waals surface area (Å²) >= 11 is 1.29. The molecule has 0 saturated heterocycles. The van der Waals surface area contributed by atoms with Gasteiger partial charge in [0, 0.05) is 0 Å². The molecule has 0 fully saturated rings. The zero-order valence-electron chi connectivity index (χ0n) is 17.9. The summed E-state index contributed by atoms with van der Waals surface area (Å²) in [7, 11) is 2.91. The first kappa shape index (κ1) is 21.5. The molecule has 0 unspecified atom stereocenters. The molecule has 4 rings (SSSR count). The van der Waals surface area contributed by atoms with Crippen molar-refractivity contribution in [2.45, 2.75) is 13.0 Å². The molecule has 162 valence electrons. The summed E-state index contributed by atoms with van der Waals surface area (Å²) < 4.78 is 12.4. The Kier molecular flexibility index (Phi) is 6.18. The van der Waals surface area contributed by atoms with Crippen LogP contribution < -0.4 is 19.6 Å². The van der Waals surface area contributed by atoms with Gasteiger partial charge in [-0.3, -0.25) is 9.36 Å². The molecule has 1 aliphatic rings. The average molecular weight is 447 g/mol. The molecule has 1 aromatic heterocycles. The van der Waals surface area contributed by atoms with Crippen LogP contribution in [0, 0.1) is 0 Å². The Morgan fingerprint density at radius 1 is 1.09 bits per heavy atom. The molecule has 7 heteroatoms. The molecule has 0 aliphatic carbocycles. The van der Waals surface area contributed by atoms with Crippen LogP contribution in [-0.2, 0) is 9.53 Å². The van der Waals surface area contributed by atoms with E-state index in [1.165, 1.54) is 18.4 Å². The number of fused-ring (bicyclic) bond motifs is 1. The molecule has 0 N–H and O–H groups in total. The number of methoxy groups -OCH3 is 2. The molecule has 0 radical (unpaired) electrons. The highest BCUT2D eigenvalue weighted by Crippen LogP contribution is 2.31. The first-order chi connectivity index (χ1) is 15.5. The normalized spacial score (nSPS) is 16.1. The van der Waals surface area contributed by atoms with Crippen molar-refractivity contribution in [3.05, 3.63) is 103 Å². The second-order valence-electron chi connectivity index (χ2n) is 7.14. The highest BCUT2D eigenvalue weighted by atomic mass is 32.1. The first-order valence-electron chi connectivity index (χ1n) is 10.00. The minimum Gasteiger partial charge on any atom is -0.497 e. The Balaban J connectivity index is 1.86.